The molecule has 0 aliphatic carbocycles. The third-order valence-corrected chi connectivity index (χ3v) is 4.96. The zero-order valence-electron chi connectivity index (χ0n) is 15.4. The van der Waals surface area contributed by atoms with Gasteiger partial charge in [-0.25, -0.2) is 0 Å². The Kier molecular flexibility index (Phi) is 4.81. The van der Waals surface area contributed by atoms with Crippen LogP contribution in [0, 0.1) is 0 Å². The summed E-state index contributed by atoms with van der Waals surface area (Å²) in [6.45, 7) is 2.94. The van der Waals surface area contributed by atoms with Crippen molar-refractivity contribution in [2.45, 2.75) is 32.0 Å². The number of carbonyl (C=O) groups is 1. The van der Waals surface area contributed by atoms with Crippen LogP contribution >= 0.6 is 0 Å². The molecule has 0 spiro atoms. The summed E-state index contributed by atoms with van der Waals surface area (Å²) in [6.07, 6.45) is 5.97. The first-order valence-electron chi connectivity index (χ1n) is 9.19. The van der Waals surface area contributed by atoms with Gasteiger partial charge in [0.1, 0.15) is 18.4 Å². The van der Waals surface area contributed by atoms with Crippen LogP contribution in [0.25, 0.3) is 10.9 Å². The number of likely N-dealkylation sites (tertiary alicyclic amines) is 1. The van der Waals surface area contributed by atoms with Crippen molar-refractivity contribution < 1.29 is 9.53 Å². The number of hydrogen-bond acceptors (Lipinski definition) is 5. The maximum absolute atomic E-state index is 11.2. The highest BCUT2D eigenvalue weighted by atomic mass is 16.5. The Morgan fingerprint density at radius 1 is 1.30 bits per heavy atom. The minimum atomic E-state index is -0.353. The predicted octanol–water partition coefficient (Wildman–Crippen LogP) is 1.30. The van der Waals surface area contributed by atoms with Gasteiger partial charge in [-0.2, -0.15) is 0 Å². The summed E-state index contributed by atoms with van der Waals surface area (Å²) in [5.74, 6) is 0.511. The molecule has 0 radical (unpaired) electrons. The highest BCUT2D eigenvalue weighted by Gasteiger charge is 2.22. The number of ether oxygens (including phenoxy) is 1. The molecule has 0 saturated carbocycles. The van der Waals surface area contributed by atoms with E-state index in [2.05, 4.69) is 15.2 Å². The van der Waals surface area contributed by atoms with Gasteiger partial charge in [0.2, 0.25) is 5.91 Å². The van der Waals surface area contributed by atoms with Crippen molar-refractivity contribution in [3.05, 3.63) is 42.4 Å². The largest absolute Gasteiger partial charge is 0.490 e. The first-order valence-corrected chi connectivity index (χ1v) is 9.19. The number of hydrogen-bond donors (Lipinski definition) is 1. The Hall–Kier alpha value is -2.87. The lowest BCUT2D eigenvalue weighted by atomic mass is 10.1. The van der Waals surface area contributed by atoms with Crippen LogP contribution in [0.5, 0.6) is 5.75 Å². The number of aryl methyl sites for hydroxylation is 1. The van der Waals surface area contributed by atoms with Gasteiger partial charge in [-0.1, -0.05) is 11.3 Å². The van der Waals surface area contributed by atoms with Gasteiger partial charge >= 0.3 is 0 Å². The molecule has 8 nitrogen and oxygen atoms in total. The summed E-state index contributed by atoms with van der Waals surface area (Å²) in [7, 11) is 1.88. The van der Waals surface area contributed by atoms with E-state index in [4.69, 9.17) is 10.5 Å². The SMILES string of the molecule is Cn1cc(CN2CCC(Oc3cccc4c3ccn4CC(N)=O)CC2)nn1. The van der Waals surface area contributed by atoms with E-state index < -0.39 is 0 Å². The fourth-order valence-corrected chi connectivity index (χ4v) is 3.67. The van der Waals surface area contributed by atoms with Crippen molar-refractivity contribution in [1.82, 2.24) is 24.5 Å². The van der Waals surface area contributed by atoms with Crippen LogP contribution < -0.4 is 10.5 Å². The minimum Gasteiger partial charge on any atom is -0.490 e. The normalized spacial score (nSPS) is 16.0. The molecule has 0 bridgehead atoms. The summed E-state index contributed by atoms with van der Waals surface area (Å²) in [4.78, 5) is 13.6. The van der Waals surface area contributed by atoms with Crippen molar-refractivity contribution in [3.8, 4) is 5.75 Å². The lowest BCUT2D eigenvalue weighted by Gasteiger charge is -2.31. The Bertz CT molecular complexity index is 939. The highest BCUT2D eigenvalue weighted by Crippen LogP contribution is 2.29. The minimum absolute atomic E-state index is 0.174. The Morgan fingerprint density at radius 2 is 2.11 bits per heavy atom. The smallest absolute Gasteiger partial charge is 0.237 e. The van der Waals surface area contributed by atoms with Crippen LogP contribution in [0.3, 0.4) is 0 Å². The van der Waals surface area contributed by atoms with E-state index >= 15 is 0 Å². The van der Waals surface area contributed by atoms with Crippen LogP contribution in [0.2, 0.25) is 0 Å². The Labute approximate surface area is 157 Å². The number of aromatic nitrogens is 4. The summed E-state index contributed by atoms with van der Waals surface area (Å²) in [5, 5.41) is 9.16. The van der Waals surface area contributed by atoms with Crippen LogP contribution in [0.1, 0.15) is 18.5 Å². The fourth-order valence-electron chi connectivity index (χ4n) is 3.67. The monoisotopic (exact) mass is 368 g/mol. The molecule has 8 heteroatoms. The van der Waals surface area contributed by atoms with E-state index in [1.165, 1.54) is 0 Å². The van der Waals surface area contributed by atoms with E-state index in [0.29, 0.717) is 0 Å². The maximum Gasteiger partial charge on any atom is 0.237 e. The summed E-state index contributed by atoms with van der Waals surface area (Å²) >= 11 is 0. The number of carbonyl (C=O) groups excluding carboxylic acids is 1. The number of nitrogens with two attached hydrogens (primary N) is 1. The number of nitrogens with zero attached hydrogens (tertiary/aromatic N) is 5. The molecule has 1 aromatic carbocycles. The van der Waals surface area contributed by atoms with E-state index in [0.717, 1.165) is 54.8 Å². The van der Waals surface area contributed by atoms with Crippen molar-refractivity contribution in [2.24, 2.45) is 12.8 Å². The van der Waals surface area contributed by atoms with Crippen molar-refractivity contribution in [1.29, 1.82) is 0 Å². The molecule has 3 aromatic rings. The van der Waals surface area contributed by atoms with Crippen LogP contribution in [0.4, 0.5) is 0 Å². The molecular weight excluding hydrogens is 344 g/mol. The maximum atomic E-state index is 11.2. The quantitative estimate of drug-likeness (QED) is 0.708. The zero-order valence-corrected chi connectivity index (χ0v) is 15.4. The standard InChI is InChI=1S/C19H24N6O2/c1-23-11-14(21-22-23)12-24-8-5-15(6-9-24)27-18-4-2-3-17-16(18)7-10-25(17)13-19(20)26/h2-4,7,10-11,15H,5-6,8-9,12-13H2,1H3,(H2,20,26). The third-order valence-electron chi connectivity index (χ3n) is 4.96. The highest BCUT2D eigenvalue weighted by molar-refractivity contribution is 5.87. The molecule has 27 heavy (non-hydrogen) atoms. The van der Waals surface area contributed by atoms with Crippen molar-refractivity contribution >= 4 is 16.8 Å². The molecule has 1 fully saturated rings. The molecule has 0 atom stereocenters. The first-order chi connectivity index (χ1) is 13.1. The number of rotatable bonds is 6. The average Bonchev–Trinajstić information content (AvgIpc) is 3.23. The van der Waals surface area contributed by atoms with Gasteiger partial charge in [0, 0.05) is 44.5 Å². The molecule has 2 aromatic heterocycles. The molecule has 1 aliphatic heterocycles. The van der Waals surface area contributed by atoms with Crippen LogP contribution in [0.15, 0.2) is 36.7 Å². The average molecular weight is 368 g/mol. The fraction of sp³-hybridized carbons (Fsp3) is 0.421. The second-order valence-corrected chi connectivity index (χ2v) is 7.08. The van der Waals surface area contributed by atoms with E-state index in [1.54, 1.807) is 4.68 Å². The second-order valence-electron chi connectivity index (χ2n) is 7.08. The summed E-state index contributed by atoms with van der Waals surface area (Å²) in [5.41, 5.74) is 7.29. The Balaban J connectivity index is 1.39. The number of amides is 1. The van der Waals surface area contributed by atoms with Gasteiger partial charge in [-0.15, -0.1) is 5.10 Å². The van der Waals surface area contributed by atoms with Gasteiger partial charge in [0.05, 0.1) is 11.2 Å². The Morgan fingerprint density at radius 3 is 2.81 bits per heavy atom. The predicted molar refractivity (Wildman–Crippen MR) is 101 cm³/mol. The van der Waals surface area contributed by atoms with Gasteiger partial charge < -0.3 is 15.0 Å². The topological polar surface area (TPSA) is 91.2 Å². The molecule has 1 saturated heterocycles. The van der Waals surface area contributed by atoms with Crippen molar-refractivity contribution in [3.63, 3.8) is 0 Å². The summed E-state index contributed by atoms with van der Waals surface area (Å²) < 4.78 is 9.89. The molecule has 2 N–H and O–H groups in total. The molecule has 4 rings (SSSR count). The van der Waals surface area contributed by atoms with Gasteiger partial charge in [-0.3, -0.25) is 14.4 Å². The lowest BCUT2D eigenvalue weighted by molar-refractivity contribution is -0.118. The van der Waals surface area contributed by atoms with E-state index in [9.17, 15) is 4.79 Å². The number of piperidine rings is 1. The molecular formula is C19H24N6O2. The lowest BCUT2D eigenvalue weighted by Crippen LogP contribution is -2.37. The van der Waals surface area contributed by atoms with E-state index in [1.807, 2.05) is 48.3 Å². The van der Waals surface area contributed by atoms with Gasteiger partial charge in [-0.05, 0) is 31.0 Å². The second kappa shape index (κ2) is 7.40. The molecule has 1 amide bonds. The molecule has 142 valence electrons. The van der Waals surface area contributed by atoms with Crippen LogP contribution in [-0.2, 0) is 24.9 Å². The summed E-state index contributed by atoms with van der Waals surface area (Å²) in [6, 6.07) is 7.91. The first kappa shape index (κ1) is 17.5. The van der Waals surface area contributed by atoms with E-state index in [-0.39, 0.29) is 18.6 Å². The molecule has 1 aliphatic rings. The van der Waals surface area contributed by atoms with Gasteiger partial charge in [0.25, 0.3) is 0 Å². The molecule has 0 unspecified atom stereocenters. The number of fused-ring (bicyclic) bond motifs is 1. The van der Waals surface area contributed by atoms with Crippen molar-refractivity contribution in [2.75, 3.05) is 13.1 Å². The number of primary amides is 1. The third kappa shape index (κ3) is 3.95. The zero-order chi connectivity index (χ0) is 18.8. The number of benzene rings is 1. The van der Waals surface area contributed by atoms with Gasteiger partial charge in [0.15, 0.2) is 0 Å². The van der Waals surface area contributed by atoms with Crippen LogP contribution in [-0.4, -0.2) is 49.6 Å². The molecule has 3 heterocycles.